The Morgan fingerprint density at radius 1 is 1.36 bits per heavy atom. The zero-order valence-corrected chi connectivity index (χ0v) is 18.3. The van der Waals surface area contributed by atoms with Gasteiger partial charge in [-0.2, -0.15) is 18.3 Å². The molecule has 0 radical (unpaired) electrons. The Morgan fingerprint density at radius 3 is 2.58 bits per heavy atom. The number of nitrogens with two attached hydrogens (primary N) is 1. The number of nitrogens with one attached hydrogen (secondary N) is 1. The minimum Gasteiger partial charge on any atom is -0.365 e. The SMILES string of the molecule is Cc1cc(C(F)F)nc2sc(C(N)=O)c(NC(=O)Cn3nc(C(F)(F)F)c(Cl)c3C3CC3)c12. The van der Waals surface area contributed by atoms with Crippen LogP contribution >= 0.6 is 22.9 Å². The molecule has 1 aliphatic carbocycles. The standard InChI is InChI=1S/C19H15ClF5N5O2S/c1-6-4-8(16(21)22)27-18-10(6)12(14(33-18)17(26)32)28-9(31)5-30-13(7-2-3-7)11(20)15(29-30)19(23,24)25/h4,7,16H,2-3,5H2,1H3,(H2,26,32)(H,28,31). The molecule has 33 heavy (non-hydrogen) atoms. The van der Waals surface area contributed by atoms with Crippen LogP contribution in [0.4, 0.5) is 27.6 Å². The van der Waals surface area contributed by atoms with Crippen molar-refractivity contribution in [1.82, 2.24) is 14.8 Å². The molecule has 3 N–H and O–H groups in total. The number of pyridine rings is 1. The van der Waals surface area contributed by atoms with Crippen molar-refractivity contribution in [2.75, 3.05) is 5.32 Å². The van der Waals surface area contributed by atoms with E-state index in [1.165, 1.54) is 6.92 Å². The lowest BCUT2D eigenvalue weighted by Gasteiger charge is -2.10. The molecule has 0 unspecified atom stereocenters. The first-order chi connectivity index (χ1) is 15.4. The third-order valence-corrected chi connectivity index (χ3v) is 6.52. The number of rotatable bonds is 6. The molecule has 3 aromatic rings. The number of alkyl halides is 5. The molecule has 0 bridgehead atoms. The Labute approximate surface area is 191 Å². The molecule has 1 aliphatic rings. The summed E-state index contributed by atoms with van der Waals surface area (Å²) in [4.78, 5) is 28.4. The average Bonchev–Trinajstić information content (AvgIpc) is 3.37. The molecule has 1 fully saturated rings. The lowest BCUT2D eigenvalue weighted by atomic mass is 10.1. The summed E-state index contributed by atoms with van der Waals surface area (Å²) >= 11 is 6.65. The molecule has 2 amide bonds. The van der Waals surface area contributed by atoms with Crippen LogP contribution in [-0.2, 0) is 17.5 Å². The molecule has 0 spiro atoms. The number of carbonyl (C=O) groups is 2. The average molecular weight is 508 g/mol. The van der Waals surface area contributed by atoms with Crippen LogP contribution in [-0.4, -0.2) is 26.6 Å². The van der Waals surface area contributed by atoms with Gasteiger partial charge in [0.25, 0.3) is 12.3 Å². The van der Waals surface area contributed by atoms with Crippen molar-refractivity contribution >= 4 is 50.7 Å². The molecule has 176 valence electrons. The summed E-state index contributed by atoms with van der Waals surface area (Å²) < 4.78 is 66.8. The number of aryl methyl sites for hydroxylation is 1. The van der Waals surface area contributed by atoms with Gasteiger partial charge in [0.2, 0.25) is 5.91 Å². The number of halogens is 6. The highest BCUT2D eigenvalue weighted by atomic mass is 35.5. The first-order valence-corrected chi connectivity index (χ1v) is 10.7. The van der Waals surface area contributed by atoms with Crippen molar-refractivity contribution in [3.8, 4) is 0 Å². The van der Waals surface area contributed by atoms with Crippen LogP contribution in [0.25, 0.3) is 10.2 Å². The number of thiophene rings is 1. The van der Waals surface area contributed by atoms with E-state index in [0.717, 1.165) is 22.1 Å². The second kappa shape index (κ2) is 8.20. The van der Waals surface area contributed by atoms with Gasteiger partial charge in [0.05, 0.1) is 16.4 Å². The van der Waals surface area contributed by atoms with E-state index in [1.807, 2.05) is 0 Å². The smallest absolute Gasteiger partial charge is 0.365 e. The largest absolute Gasteiger partial charge is 0.436 e. The summed E-state index contributed by atoms with van der Waals surface area (Å²) in [6, 6.07) is 1.12. The lowest BCUT2D eigenvalue weighted by Crippen LogP contribution is -2.23. The monoisotopic (exact) mass is 507 g/mol. The molecule has 0 atom stereocenters. The van der Waals surface area contributed by atoms with Crippen LogP contribution in [0, 0.1) is 6.92 Å². The van der Waals surface area contributed by atoms with Gasteiger partial charge in [0, 0.05) is 11.3 Å². The number of carbonyl (C=O) groups excluding carboxylic acids is 2. The Balaban J connectivity index is 1.71. The zero-order chi connectivity index (χ0) is 24.2. The minimum atomic E-state index is -4.80. The van der Waals surface area contributed by atoms with Crippen molar-refractivity contribution in [3.63, 3.8) is 0 Å². The molecule has 7 nitrogen and oxygen atoms in total. The molecule has 0 aliphatic heterocycles. The zero-order valence-electron chi connectivity index (χ0n) is 16.8. The summed E-state index contributed by atoms with van der Waals surface area (Å²) in [5.74, 6) is -1.97. The van der Waals surface area contributed by atoms with Crippen molar-refractivity contribution in [1.29, 1.82) is 0 Å². The molecule has 3 heterocycles. The fraction of sp³-hybridized carbons (Fsp3) is 0.368. The Hall–Kier alpha value is -2.80. The highest BCUT2D eigenvalue weighted by Gasteiger charge is 2.42. The minimum absolute atomic E-state index is 0.0411. The van der Waals surface area contributed by atoms with Crippen LogP contribution in [0.3, 0.4) is 0 Å². The summed E-state index contributed by atoms with van der Waals surface area (Å²) in [5, 5.41) is 5.65. The number of aromatic nitrogens is 3. The Morgan fingerprint density at radius 2 is 2.03 bits per heavy atom. The maximum atomic E-state index is 13.2. The van der Waals surface area contributed by atoms with Gasteiger partial charge in [-0.05, 0) is 31.4 Å². The highest BCUT2D eigenvalue weighted by molar-refractivity contribution is 7.21. The van der Waals surface area contributed by atoms with E-state index in [0.29, 0.717) is 18.4 Å². The van der Waals surface area contributed by atoms with Crippen LogP contribution in [0.15, 0.2) is 6.07 Å². The molecule has 0 saturated heterocycles. The van der Waals surface area contributed by atoms with Crippen LogP contribution < -0.4 is 11.1 Å². The van der Waals surface area contributed by atoms with E-state index in [9.17, 15) is 31.5 Å². The number of fused-ring (bicyclic) bond motifs is 1. The summed E-state index contributed by atoms with van der Waals surface area (Å²) in [6.45, 7) is 0.885. The maximum absolute atomic E-state index is 13.2. The van der Waals surface area contributed by atoms with Crippen LogP contribution in [0.5, 0.6) is 0 Å². The van der Waals surface area contributed by atoms with Crippen LogP contribution in [0.1, 0.15) is 57.5 Å². The van der Waals surface area contributed by atoms with E-state index in [1.54, 1.807) is 0 Å². The number of anilines is 1. The van der Waals surface area contributed by atoms with Crippen molar-refractivity contribution in [3.05, 3.63) is 38.6 Å². The maximum Gasteiger partial charge on any atom is 0.436 e. The van der Waals surface area contributed by atoms with E-state index in [4.69, 9.17) is 17.3 Å². The molecular formula is C19H15ClF5N5O2S. The first kappa shape index (κ1) is 23.4. The Bertz CT molecular complexity index is 1280. The molecule has 3 aromatic heterocycles. The quantitative estimate of drug-likeness (QED) is 0.457. The predicted molar refractivity (Wildman–Crippen MR) is 111 cm³/mol. The molecule has 0 aromatic carbocycles. The topological polar surface area (TPSA) is 103 Å². The lowest BCUT2D eigenvalue weighted by molar-refractivity contribution is -0.141. The molecule has 1 saturated carbocycles. The van der Waals surface area contributed by atoms with E-state index in [-0.39, 0.29) is 32.4 Å². The normalized spacial score (nSPS) is 14.3. The number of primary amides is 1. The number of hydrogen-bond acceptors (Lipinski definition) is 5. The fourth-order valence-electron chi connectivity index (χ4n) is 3.53. The predicted octanol–water partition coefficient (Wildman–Crippen LogP) is 5.03. The summed E-state index contributed by atoms with van der Waals surface area (Å²) in [5.41, 5.74) is 3.99. The van der Waals surface area contributed by atoms with Crippen molar-refractivity contribution in [2.24, 2.45) is 5.73 Å². The van der Waals surface area contributed by atoms with Gasteiger partial charge in [-0.25, -0.2) is 13.8 Å². The molecular weight excluding hydrogens is 493 g/mol. The van der Waals surface area contributed by atoms with Gasteiger partial charge in [-0.3, -0.25) is 14.3 Å². The molecule has 14 heteroatoms. The summed E-state index contributed by atoms with van der Waals surface area (Å²) in [7, 11) is 0. The van der Waals surface area contributed by atoms with Gasteiger partial charge in [0.15, 0.2) is 5.69 Å². The van der Waals surface area contributed by atoms with Crippen LogP contribution in [0.2, 0.25) is 5.02 Å². The fourth-order valence-corrected chi connectivity index (χ4v) is 4.99. The van der Waals surface area contributed by atoms with E-state index in [2.05, 4.69) is 15.4 Å². The second-order valence-electron chi connectivity index (χ2n) is 7.54. The Kier molecular flexibility index (Phi) is 5.81. The molecule has 4 rings (SSSR count). The number of amides is 2. The van der Waals surface area contributed by atoms with Gasteiger partial charge < -0.3 is 11.1 Å². The highest BCUT2D eigenvalue weighted by Crippen LogP contribution is 2.47. The third kappa shape index (κ3) is 4.38. The first-order valence-electron chi connectivity index (χ1n) is 9.53. The van der Waals surface area contributed by atoms with E-state index < -0.39 is 47.4 Å². The van der Waals surface area contributed by atoms with Gasteiger partial charge >= 0.3 is 6.18 Å². The van der Waals surface area contributed by atoms with Gasteiger partial charge in [0.1, 0.15) is 21.9 Å². The summed E-state index contributed by atoms with van der Waals surface area (Å²) in [6.07, 6.45) is -6.42. The van der Waals surface area contributed by atoms with Crippen molar-refractivity contribution < 1.29 is 31.5 Å². The second-order valence-corrected chi connectivity index (χ2v) is 8.92. The van der Waals surface area contributed by atoms with Gasteiger partial charge in [-0.1, -0.05) is 11.6 Å². The van der Waals surface area contributed by atoms with E-state index >= 15 is 0 Å². The van der Waals surface area contributed by atoms with Crippen molar-refractivity contribution in [2.45, 2.75) is 44.8 Å². The number of hydrogen-bond donors (Lipinski definition) is 2. The number of nitrogens with zero attached hydrogens (tertiary/aromatic N) is 3. The third-order valence-electron chi connectivity index (χ3n) is 5.05. The van der Waals surface area contributed by atoms with Gasteiger partial charge in [-0.15, -0.1) is 11.3 Å².